The Morgan fingerprint density at radius 1 is 1.27 bits per heavy atom. The van der Waals surface area contributed by atoms with Gasteiger partial charge >= 0.3 is 0 Å². The molecule has 132 valence electrons. The highest BCUT2D eigenvalue weighted by Crippen LogP contribution is 2.16. The summed E-state index contributed by atoms with van der Waals surface area (Å²) < 4.78 is 18.8. The Kier molecular flexibility index (Phi) is 5.76. The van der Waals surface area contributed by atoms with Crippen LogP contribution in [0, 0.1) is 12.7 Å². The molecule has 1 heterocycles. The first-order valence-corrected chi connectivity index (χ1v) is 8.85. The van der Waals surface area contributed by atoms with Gasteiger partial charge in [-0.15, -0.1) is 11.3 Å². The number of benzene rings is 2. The molecule has 3 aromatic rings. The van der Waals surface area contributed by atoms with Crippen molar-refractivity contribution >= 4 is 29.0 Å². The number of nitrogens with one attached hydrogen (secondary N) is 1. The molecule has 0 saturated heterocycles. The number of anilines is 1. The van der Waals surface area contributed by atoms with Gasteiger partial charge < -0.3 is 10.1 Å². The number of thiazole rings is 1. The number of halogens is 1. The number of rotatable bonds is 6. The second-order valence-corrected chi connectivity index (χ2v) is 6.61. The number of aryl methyl sites for hydroxylation is 1. The Morgan fingerprint density at radius 3 is 2.77 bits per heavy atom. The highest BCUT2D eigenvalue weighted by molar-refractivity contribution is 7.09. The van der Waals surface area contributed by atoms with Gasteiger partial charge in [0.1, 0.15) is 18.2 Å². The minimum atomic E-state index is -0.393. The van der Waals surface area contributed by atoms with E-state index >= 15 is 0 Å². The van der Waals surface area contributed by atoms with Gasteiger partial charge in [0, 0.05) is 17.1 Å². The van der Waals surface area contributed by atoms with Crippen LogP contribution in [-0.4, -0.2) is 10.9 Å². The summed E-state index contributed by atoms with van der Waals surface area (Å²) in [5.74, 6) is 0.0158. The monoisotopic (exact) mass is 368 g/mol. The molecule has 0 aliphatic heterocycles. The summed E-state index contributed by atoms with van der Waals surface area (Å²) in [5, 5.41) is 5.60. The second kappa shape index (κ2) is 8.40. The lowest BCUT2D eigenvalue weighted by Gasteiger charge is -2.04. The third-order valence-electron chi connectivity index (χ3n) is 3.45. The summed E-state index contributed by atoms with van der Waals surface area (Å²) >= 11 is 1.59. The van der Waals surface area contributed by atoms with E-state index in [0.717, 1.165) is 22.0 Å². The number of carbonyl (C=O) groups excluding carboxylic acids is 1. The average Bonchev–Trinajstić information content (AvgIpc) is 3.04. The van der Waals surface area contributed by atoms with Crippen molar-refractivity contribution in [2.45, 2.75) is 13.5 Å². The molecular weight excluding hydrogens is 351 g/mol. The first-order valence-electron chi connectivity index (χ1n) is 7.97. The lowest BCUT2D eigenvalue weighted by atomic mass is 10.2. The molecule has 0 fully saturated rings. The van der Waals surface area contributed by atoms with E-state index < -0.39 is 5.82 Å². The maximum absolute atomic E-state index is 13.1. The number of hydrogen-bond donors (Lipinski definition) is 1. The van der Waals surface area contributed by atoms with E-state index in [0.29, 0.717) is 12.3 Å². The molecular formula is C20H17FN2O2S. The minimum absolute atomic E-state index is 0.324. The van der Waals surface area contributed by atoms with Crippen LogP contribution in [0.5, 0.6) is 5.75 Å². The Morgan fingerprint density at radius 2 is 2.08 bits per heavy atom. The van der Waals surface area contributed by atoms with Crippen LogP contribution in [0.4, 0.5) is 10.1 Å². The highest BCUT2D eigenvalue weighted by Gasteiger charge is 2.01. The molecule has 0 saturated carbocycles. The first kappa shape index (κ1) is 17.8. The maximum Gasteiger partial charge on any atom is 0.248 e. The fourth-order valence-corrected chi connectivity index (χ4v) is 2.83. The van der Waals surface area contributed by atoms with Crippen molar-refractivity contribution in [1.29, 1.82) is 0 Å². The van der Waals surface area contributed by atoms with Crippen molar-refractivity contribution in [3.8, 4) is 5.75 Å². The summed E-state index contributed by atoms with van der Waals surface area (Å²) in [5.41, 5.74) is 2.18. The van der Waals surface area contributed by atoms with E-state index in [1.54, 1.807) is 29.5 Å². The van der Waals surface area contributed by atoms with Crippen LogP contribution in [-0.2, 0) is 11.4 Å². The van der Waals surface area contributed by atoms with Crippen LogP contribution in [0.1, 0.15) is 16.3 Å². The zero-order valence-electron chi connectivity index (χ0n) is 14.1. The molecule has 0 aliphatic carbocycles. The Balaban J connectivity index is 1.53. The molecule has 6 heteroatoms. The molecule has 0 unspecified atom stereocenters. The number of nitrogens with zero attached hydrogens (tertiary/aromatic N) is 1. The molecule has 0 aliphatic rings. The van der Waals surface area contributed by atoms with E-state index in [1.165, 1.54) is 18.2 Å². The minimum Gasteiger partial charge on any atom is -0.487 e. The van der Waals surface area contributed by atoms with Gasteiger partial charge in [-0.2, -0.15) is 0 Å². The maximum atomic E-state index is 13.1. The molecule has 3 rings (SSSR count). The topological polar surface area (TPSA) is 51.2 Å². The number of carbonyl (C=O) groups is 1. The van der Waals surface area contributed by atoms with Crippen molar-refractivity contribution in [3.05, 3.63) is 82.1 Å². The standard InChI is InChI=1S/C20H17FN2O2S/c1-14-22-18(13-26-14)12-25-19-8-5-15(6-9-19)7-10-20(24)23-17-4-2-3-16(21)11-17/h2-11,13H,12H2,1H3,(H,23,24)/b10-7+. The van der Waals surface area contributed by atoms with Gasteiger partial charge in [0.2, 0.25) is 5.91 Å². The molecule has 2 aromatic carbocycles. The zero-order chi connectivity index (χ0) is 18.4. The zero-order valence-corrected chi connectivity index (χ0v) is 14.9. The van der Waals surface area contributed by atoms with E-state index in [9.17, 15) is 9.18 Å². The smallest absolute Gasteiger partial charge is 0.248 e. The van der Waals surface area contributed by atoms with Crippen LogP contribution < -0.4 is 10.1 Å². The van der Waals surface area contributed by atoms with E-state index in [1.807, 2.05) is 36.6 Å². The fourth-order valence-electron chi connectivity index (χ4n) is 2.23. The van der Waals surface area contributed by atoms with Crippen LogP contribution in [0.15, 0.2) is 60.0 Å². The number of hydrogen-bond acceptors (Lipinski definition) is 4. The van der Waals surface area contributed by atoms with Crippen LogP contribution in [0.2, 0.25) is 0 Å². The second-order valence-electron chi connectivity index (χ2n) is 5.55. The normalized spacial score (nSPS) is 10.8. The van der Waals surface area contributed by atoms with Crippen molar-refractivity contribution < 1.29 is 13.9 Å². The van der Waals surface area contributed by atoms with E-state index in [4.69, 9.17) is 4.74 Å². The van der Waals surface area contributed by atoms with Crippen molar-refractivity contribution in [2.24, 2.45) is 0 Å². The van der Waals surface area contributed by atoms with Crippen molar-refractivity contribution in [2.75, 3.05) is 5.32 Å². The van der Waals surface area contributed by atoms with Crippen LogP contribution >= 0.6 is 11.3 Å². The first-order chi connectivity index (χ1) is 12.6. The Bertz CT molecular complexity index is 920. The molecule has 0 atom stereocenters. The molecule has 1 aromatic heterocycles. The Labute approximate surface area is 155 Å². The van der Waals surface area contributed by atoms with Gasteiger partial charge in [-0.3, -0.25) is 4.79 Å². The highest BCUT2D eigenvalue weighted by atomic mass is 32.1. The lowest BCUT2D eigenvalue weighted by molar-refractivity contribution is -0.111. The molecule has 1 amide bonds. The quantitative estimate of drug-likeness (QED) is 0.635. The van der Waals surface area contributed by atoms with Crippen molar-refractivity contribution in [1.82, 2.24) is 4.98 Å². The predicted molar refractivity (Wildman–Crippen MR) is 102 cm³/mol. The van der Waals surface area contributed by atoms with Gasteiger partial charge in [-0.25, -0.2) is 9.37 Å². The molecule has 0 radical (unpaired) electrons. The van der Waals surface area contributed by atoms with Crippen molar-refractivity contribution in [3.63, 3.8) is 0 Å². The molecule has 4 nitrogen and oxygen atoms in total. The fraction of sp³-hybridized carbons (Fsp3) is 0.100. The lowest BCUT2D eigenvalue weighted by Crippen LogP contribution is -2.07. The molecule has 26 heavy (non-hydrogen) atoms. The van der Waals surface area contributed by atoms with Gasteiger partial charge in [0.25, 0.3) is 0 Å². The van der Waals surface area contributed by atoms with E-state index in [2.05, 4.69) is 10.3 Å². The van der Waals surface area contributed by atoms with Gasteiger partial charge in [-0.05, 0) is 48.9 Å². The average molecular weight is 368 g/mol. The largest absolute Gasteiger partial charge is 0.487 e. The summed E-state index contributed by atoms with van der Waals surface area (Å²) in [4.78, 5) is 16.2. The van der Waals surface area contributed by atoms with Gasteiger partial charge in [0.05, 0.1) is 10.7 Å². The van der Waals surface area contributed by atoms with Crippen LogP contribution in [0.3, 0.4) is 0 Å². The third kappa shape index (κ3) is 5.26. The number of ether oxygens (including phenoxy) is 1. The summed E-state index contributed by atoms with van der Waals surface area (Å²) in [6.45, 7) is 2.38. The van der Waals surface area contributed by atoms with Gasteiger partial charge in [0.15, 0.2) is 0 Å². The SMILES string of the molecule is Cc1nc(COc2ccc(/C=C/C(=O)Nc3cccc(F)c3)cc2)cs1. The van der Waals surface area contributed by atoms with Gasteiger partial charge in [-0.1, -0.05) is 18.2 Å². The van der Waals surface area contributed by atoms with Crippen LogP contribution in [0.25, 0.3) is 6.08 Å². The summed E-state index contributed by atoms with van der Waals surface area (Å²) in [6, 6.07) is 13.1. The number of amides is 1. The molecule has 0 spiro atoms. The Hall–Kier alpha value is -2.99. The summed E-state index contributed by atoms with van der Waals surface area (Å²) in [7, 11) is 0. The molecule has 1 N–H and O–H groups in total. The number of aromatic nitrogens is 1. The third-order valence-corrected chi connectivity index (χ3v) is 4.28. The predicted octanol–water partition coefficient (Wildman–Crippen LogP) is 4.82. The summed E-state index contributed by atoms with van der Waals surface area (Å²) in [6.07, 6.45) is 3.08. The van der Waals surface area contributed by atoms with E-state index in [-0.39, 0.29) is 5.91 Å². The molecule has 0 bridgehead atoms.